The predicted octanol–water partition coefficient (Wildman–Crippen LogP) is 6.26. The van der Waals surface area contributed by atoms with E-state index in [1.165, 1.54) is 12.1 Å². The molecule has 0 bridgehead atoms. The highest BCUT2D eigenvalue weighted by Gasteiger charge is 2.17. The summed E-state index contributed by atoms with van der Waals surface area (Å²) in [6, 6.07) is 17.2. The summed E-state index contributed by atoms with van der Waals surface area (Å²) in [5, 5.41) is 2.82. The molecule has 0 aromatic heterocycles. The van der Waals surface area contributed by atoms with Gasteiger partial charge in [0.25, 0.3) is 11.8 Å². The second-order valence-corrected chi connectivity index (χ2v) is 7.62. The third-order valence-electron chi connectivity index (χ3n) is 5.53. The SMILES string of the molecule is C=Nc1ccc(C(=O)Nc2ccc(C(=O)N(CC)CC)cc2)cc1N(CC=O)c1ccc(F)cc1.CC. The van der Waals surface area contributed by atoms with Gasteiger partial charge in [0.05, 0.1) is 17.9 Å². The quantitative estimate of drug-likeness (QED) is 0.261. The number of anilines is 3. The smallest absolute Gasteiger partial charge is 0.255 e. The molecule has 0 aliphatic rings. The van der Waals surface area contributed by atoms with Gasteiger partial charge < -0.3 is 19.9 Å². The van der Waals surface area contributed by atoms with Gasteiger partial charge in [0.2, 0.25) is 0 Å². The third-order valence-corrected chi connectivity index (χ3v) is 5.53. The summed E-state index contributed by atoms with van der Waals surface area (Å²) < 4.78 is 13.4. The summed E-state index contributed by atoms with van der Waals surface area (Å²) in [5.74, 6) is -0.851. The zero-order valence-corrected chi connectivity index (χ0v) is 21.7. The summed E-state index contributed by atoms with van der Waals surface area (Å²) in [6.07, 6.45) is 0.712. The molecule has 0 aliphatic carbocycles. The summed E-state index contributed by atoms with van der Waals surface area (Å²) in [4.78, 5) is 44.2. The molecule has 8 heteroatoms. The highest BCUT2D eigenvalue weighted by Crippen LogP contribution is 2.34. The molecule has 37 heavy (non-hydrogen) atoms. The predicted molar refractivity (Wildman–Crippen MR) is 148 cm³/mol. The Labute approximate surface area is 217 Å². The Hall–Kier alpha value is -4.33. The van der Waals surface area contributed by atoms with Crippen molar-refractivity contribution >= 4 is 47.6 Å². The van der Waals surface area contributed by atoms with Gasteiger partial charge in [-0.2, -0.15) is 0 Å². The second kappa shape index (κ2) is 14.3. The molecule has 0 spiro atoms. The molecule has 0 radical (unpaired) electrons. The molecule has 3 aromatic rings. The molecule has 0 atom stereocenters. The average molecular weight is 505 g/mol. The summed E-state index contributed by atoms with van der Waals surface area (Å²) in [6.45, 7) is 12.6. The van der Waals surface area contributed by atoms with Crippen LogP contribution in [0.2, 0.25) is 0 Å². The molecule has 0 heterocycles. The van der Waals surface area contributed by atoms with Crippen LogP contribution in [0.3, 0.4) is 0 Å². The van der Waals surface area contributed by atoms with Crippen LogP contribution in [0.5, 0.6) is 0 Å². The maximum absolute atomic E-state index is 13.4. The van der Waals surface area contributed by atoms with Crippen molar-refractivity contribution in [2.24, 2.45) is 4.99 Å². The van der Waals surface area contributed by atoms with E-state index in [9.17, 15) is 18.8 Å². The van der Waals surface area contributed by atoms with Crippen molar-refractivity contribution < 1.29 is 18.8 Å². The number of aliphatic imine (C=N–C) groups is 1. The minimum absolute atomic E-state index is 0.0265. The van der Waals surface area contributed by atoms with Gasteiger partial charge >= 0.3 is 0 Å². The van der Waals surface area contributed by atoms with Crippen molar-refractivity contribution in [2.75, 3.05) is 29.9 Å². The molecule has 0 saturated heterocycles. The van der Waals surface area contributed by atoms with E-state index in [4.69, 9.17) is 0 Å². The van der Waals surface area contributed by atoms with Gasteiger partial charge in [-0.15, -0.1) is 0 Å². The van der Waals surface area contributed by atoms with Crippen LogP contribution in [-0.4, -0.2) is 49.4 Å². The van der Waals surface area contributed by atoms with Crippen LogP contribution in [0.1, 0.15) is 48.4 Å². The molecule has 3 aromatic carbocycles. The van der Waals surface area contributed by atoms with Gasteiger partial charge in [-0.1, -0.05) is 13.8 Å². The number of nitrogens with zero attached hydrogens (tertiary/aromatic N) is 3. The summed E-state index contributed by atoms with van der Waals surface area (Å²) in [7, 11) is 0. The molecule has 0 fully saturated rings. The van der Waals surface area contributed by atoms with Crippen molar-refractivity contribution in [1.82, 2.24) is 4.90 Å². The number of amides is 2. The van der Waals surface area contributed by atoms with E-state index in [2.05, 4.69) is 17.0 Å². The molecular formula is C29H33FN4O3. The lowest BCUT2D eigenvalue weighted by Crippen LogP contribution is -2.30. The van der Waals surface area contributed by atoms with E-state index in [-0.39, 0.29) is 18.4 Å². The Morgan fingerprint density at radius 1 is 0.946 bits per heavy atom. The van der Waals surface area contributed by atoms with Crippen molar-refractivity contribution in [1.29, 1.82) is 0 Å². The first-order valence-electron chi connectivity index (χ1n) is 12.2. The van der Waals surface area contributed by atoms with Gasteiger partial charge in [0.1, 0.15) is 12.1 Å². The lowest BCUT2D eigenvalue weighted by molar-refractivity contribution is -0.106. The largest absolute Gasteiger partial charge is 0.339 e. The Kier molecular flexibility index (Phi) is 11.2. The summed E-state index contributed by atoms with van der Waals surface area (Å²) >= 11 is 0. The standard InChI is InChI=1S/C27H27FN4O3.C2H6/c1-4-31(5-2)27(35)19-6-11-22(12-7-19)30-26(34)20-8-15-24(29-3)25(18-20)32(16-17-33)23-13-9-21(28)10-14-23;1-2/h6-15,17-18H,3-5,16H2,1-2H3,(H,30,34);1-2H3. The van der Waals surface area contributed by atoms with Crippen LogP contribution in [0.4, 0.5) is 27.1 Å². The van der Waals surface area contributed by atoms with E-state index >= 15 is 0 Å². The van der Waals surface area contributed by atoms with E-state index in [1.54, 1.807) is 64.4 Å². The van der Waals surface area contributed by atoms with Gasteiger partial charge in [0.15, 0.2) is 0 Å². The average Bonchev–Trinajstić information content (AvgIpc) is 2.94. The number of aldehydes is 1. The highest BCUT2D eigenvalue weighted by molar-refractivity contribution is 6.06. The number of halogens is 1. The van der Waals surface area contributed by atoms with Crippen LogP contribution in [-0.2, 0) is 4.79 Å². The number of rotatable bonds is 10. The van der Waals surface area contributed by atoms with Gasteiger partial charge in [-0.25, -0.2) is 4.39 Å². The highest BCUT2D eigenvalue weighted by atomic mass is 19.1. The fourth-order valence-electron chi connectivity index (χ4n) is 3.65. The maximum atomic E-state index is 13.4. The van der Waals surface area contributed by atoms with Gasteiger partial charge in [-0.3, -0.25) is 14.6 Å². The molecule has 0 saturated carbocycles. The Morgan fingerprint density at radius 3 is 2.08 bits per heavy atom. The molecule has 0 unspecified atom stereocenters. The number of carbonyl (C=O) groups is 3. The van der Waals surface area contributed by atoms with Gasteiger partial charge in [-0.05, 0) is 87.3 Å². The maximum Gasteiger partial charge on any atom is 0.255 e. The molecule has 2 amide bonds. The lowest BCUT2D eigenvalue weighted by Gasteiger charge is -2.24. The van der Waals surface area contributed by atoms with Crippen LogP contribution in [0.15, 0.2) is 71.7 Å². The first kappa shape index (κ1) is 28.9. The van der Waals surface area contributed by atoms with Gasteiger partial charge in [0, 0.05) is 35.6 Å². The Balaban J connectivity index is 0.00000235. The molecule has 194 valence electrons. The van der Waals surface area contributed by atoms with Crippen molar-refractivity contribution in [2.45, 2.75) is 27.7 Å². The minimum atomic E-state index is -0.403. The van der Waals surface area contributed by atoms with E-state index in [0.29, 0.717) is 53.3 Å². The number of hydrogen-bond acceptors (Lipinski definition) is 5. The third kappa shape index (κ3) is 7.33. The first-order valence-corrected chi connectivity index (χ1v) is 12.2. The molecular weight excluding hydrogens is 471 g/mol. The summed E-state index contributed by atoms with van der Waals surface area (Å²) in [5.41, 5.74) is 2.91. The minimum Gasteiger partial charge on any atom is -0.339 e. The fourth-order valence-corrected chi connectivity index (χ4v) is 3.65. The molecule has 7 nitrogen and oxygen atoms in total. The fraction of sp³-hybridized carbons (Fsp3) is 0.241. The van der Waals surface area contributed by atoms with E-state index in [0.717, 1.165) is 0 Å². The van der Waals surface area contributed by atoms with E-state index in [1.807, 2.05) is 27.7 Å². The topological polar surface area (TPSA) is 82.1 Å². The van der Waals surface area contributed by atoms with Crippen molar-refractivity contribution in [3.8, 4) is 0 Å². The second-order valence-electron chi connectivity index (χ2n) is 7.62. The molecule has 0 aliphatic heterocycles. The lowest BCUT2D eigenvalue weighted by atomic mass is 10.1. The molecule has 3 rings (SSSR count). The molecule has 1 N–H and O–H groups in total. The van der Waals surface area contributed by atoms with Crippen molar-refractivity contribution in [3.05, 3.63) is 83.7 Å². The van der Waals surface area contributed by atoms with E-state index < -0.39 is 5.82 Å². The number of benzene rings is 3. The normalized spacial score (nSPS) is 9.97. The van der Waals surface area contributed by atoms with Crippen LogP contribution >= 0.6 is 0 Å². The van der Waals surface area contributed by atoms with Crippen molar-refractivity contribution in [3.63, 3.8) is 0 Å². The van der Waals surface area contributed by atoms with Crippen LogP contribution in [0.25, 0.3) is 0 Å². The number of hydrogen-bond donors (Lipinski definition) is 1. The van der Waals surface area contributed by atoms with Crippen LogP contribution < -0.4 is 10.2 Å². The number of nitrogens with one attached hydrogen (secondary N) is 1. The zero-order valence-electron chi connectivity index (χ0n) is 21.7. The number of carbonyl (C=O) groups excluding carboxylic acids is 3. The van der Waals surface area contributed by atoms with Crippen LogP contribution in [0, 0.1) is 5.82 Å². The zero-order chi connectivity index (χ0) is 27.4. The monoisotopic (exact) mass is 504 g/mol. The first-order chi connectivity index (χ1) is 17.9. The Bertz CT molecular complexity index is 1210. The Morgan fingerprint density at radius 2 is 1.54 bits per heavy atom.